The predicted molar refractivity (Wildman–Crippen MR) is 47.5 cm³/mol. The van der Waals surface area contributed by atoms with Crippen molar-refractivity contribution >= 4 is 21.6 Å². The first-order valence-corrected chi connectivity index (χ1v) is 4.27. The van der Waals surface area contributed by atoms with Crippen LogP contribution in [0.5, 0.6) is 5.75 Å². The third kappa shape index (κ3) is 2.20. The average Bonchev–Trinajstić information content (AvgIpc) is 2.06. The summed E-state index contributed by atoms with van der Waals surface area (Å²) < 4.78 is 36.5. The Morgan fingerprint density at radius 1 is 1.40 bits per heavy atom. The monoisotopic (exact) mass is 285 g/mol. The largest absolute Gasteiger partial charge is 0.507 e. The molecule has 1 N–H and O–H groups in total. The fourth-order valence-corrected chi connectivity index (χ4v) is 1.54. The molecule has 1 rings (SSSR count). The Labute approximate surface area is 89.6 Å². The second-order valence-electron chi connectivity index (χ2n) is 2.55. The van der Waals surface area contributed by atoms with Crippen LogP contribution >= 0.6 is 15.9 Å². The SMILES string of the molecule is O=[N+]([O-])c1ccc(O)c(Br)c1C(F)(F)F. The lowest BCUT2D eigenvalue weighted by Crippen LogP contribution is -2.09. The van der Waals surface area contributed by atoms with Crippen LogP contribution in [0.1, 0.15) is 5.56 Å². The second kappa shape index (κ2) is 3.69. The number of hydrogen-bond donors (Lipinski definition) is 1. The van der Waals surface area contributed by atoms with Gasteiger partial charge in [0.2, 0.25) is 0 Å². The molecule has 0 unspecified atom stereocenters. The molecule has 0 atom stereocenters. The summed E-state index contributed by atoms with van der Waals surface area (Å²) in [7, 11) is 0. The minimum absolute atomic E-state index is 0.600. The molecule has 0 fully saturated rings. The summed E-state index contributed by atoms with van der Waals surface area (Å²) in [6.45, 7) is 0. The van der Waals surface area contributed by atoms with Gasteiger partial charge in [-0.1, -0.05) is 0 Å². The van der Waals surface area contributed by atoms with Crippen LogP contribution in [0.15, 0.2) is 16.6 Å². The first kappa shape index (κ1) is 11.8. The molecule has 0 aliphatic rings. The number of phenols is 1. The van der Waals surface area contributed by atoms with Gasteiger partial charge in [0.1, 0.15) is 5.75 Å². The first-order chi connectivity index (χ1) is 6.75. The molecular formula is C7H3BrF3NO3. The first-order valence-electron chi connectivity index (χ1n) is 3.48. The Morgan fingerprint density at radius 2 is 1.93 bits per heavy atom. The summed E-state index contributed by atoms with van der Waals surface area (Å²) in [5, 5.41) is 19.3. The van der Waals surface area contributed by atoms with Crippen molar-refractivity contribution in [3.05, 3.63) is 32.3 Å². The predicted octanol–water partition coefficient (Wildman–Crippen LogP) is 3.08. The number of hydrogen-bond acceptors (Lipinski definition) is 3. The van der Waals surface area contributed by atoms with Crippen molar-refractivity contribution in [3.63, 3.8) is 0 Å². The number of nitrogens with zero attached hydrogens (tertiary/aromatic N) is 1. The molecule has 0 saturated heterocycles. The number of rotatable bonds is 1. The number of aromatic hydroxyl groups is 1. The highest BCUT2D eigenvalue weighted by molar-refractivity contribution is 9.10. The second-order valence-corrected chi connectivity index (χ2v) is 3.34. The van der Waals surface area contributed by atoms with Crippen LogP contribution in [0, 0.1) is 10.1 Å². The number of alkyl halides is 3. The molecule has 0 bridgehead atoms. The average molecular weight is 286 g/mol. The van der Waals surface area contributed by atoms with Crippen molar-refractivity contribution in [1.29, 1.82) is 0 Å². The van der Waals surface area contributed by atoms with Crippen LogP contribution in [0.3, 0.4) is 0 Å². The lowest BCUT2D eigenvalue weighted by atomic mass is 10.1. The van der Waals surface area contributed by atoms with Crippen LogP contribution < -0.4 is 0 Å². The van der Waals surface area contributed by atoms with E-state index in [-0.39, 0.29) is 0 Å². The van der Waals surface area contributed by atoms with Crippen molar-refractivity contribution < 1.29 is 23.2 Å². The van der Waals surface area contributed by atoms with Crippen molar-refractivity contribution in [2.45, 2.75) is 6.18 Å². The minimum Gasteiger partial charge on any atom is -0.507 e. The molecule has 0 aromatic heterocycles. The molecule has 0 saturated carbocycles. The van der Waals surface area contributed by atoms with E-state index in [9.17, 15) is 23.3 Å². The standard InChI is InChI=1S/C7H3BrF3NO3/c8-6-4(13)2-1-3(12(14)15)5(6)7(9,10)11/h1-2,13H. The van der Waals surface area contributed by atoms with Gasteiger partial charge in [-0.25, -0.2) is 0 Å². The lowest BCUT2D eigenvalue weighted by molar-refractivity contribution is -0.388. The van der Waals surface area contributed by atoms with Crippen LogP contribution in [0.4, 0.5) is 18.9 Å². The van der Waals surface area contributed by atoms with E-state index in [0.29, 0.717) is 6.07 Å². The topological polar surface area (TPSA) is 63.4 Å². The van der Waals surface area contributed by atoms with E-state index in [1.807, 2.05) is 0 Å². The van der Waals surface area contributed by atoms with E-state index in [1.54, 1.807) is 0 Å². The lowest BCUT2D eigenvalue weighted by Gasteiger charge is -2.10. The van der Waals surface area contributed by atoms with Crippen molar-refractivity contribution in [2.24, 2.45) is 0 Å². The minimum atomic E-state index is -4.90. The Morgan fingerprint density at radius 3 is 2.33 bits per heavy atom. The molecule has 0 spiro atoms. The zero-order valence-electron chi connectivity index (χ0n) is 6.88. The molecule has 8 heteroatoms. The summed E-state index contributed by atoms with van der Waals surface area (Å²) in [4.78, 5) is 9.18. The third-order valence-corrected chi connectivity index (χ3v) is 2.38. The van der Waals surface area contributed by atoms with Gasteiger partial charge in [0.25, 0.3) is 5.69 Å². The van der Waals surface area contributed by atoms with Gasteiger partial charge in [0, 0.05) is 6.07 Å². The molecule has 1 aromatic carbocycles. The van der Waals surface area contributed by atoms with Gasteiger partial charge >= 0.3 is 6.18 Å². The number of phenolic OH excluding ortho intramolecular Hbond substituents is 1. The van der Waals surface area contributed by atoms with E-state index in [4.69, 9.17) is 5.11 Å². The molecule has 0 amide bonds. The number of halogens is 4. The van der Waals surface area contributed by atoms with Crippen LogP contribution in [0.2, 0.25) is 0 Å². The molecule has 15 heavy (non-hydrogen) atoms. The Bertz CT molecular complexity index is 419. The van der Waals surface area contributed by atoms with Gasteiger partial charge in [-0.2, -0.15) is 13.2 Å². The smallest absolute Gasteiger partial charge is 0.424 e. The highest BCUT2D eigenvalue weighted by Crippen LogP contribution is 2.44. The highest BCUT2D eigenvalue weighted by atomic mass is 79.9. The molecule has 0 aliphatic carbocycles. The van der Waals surface area contributed by atoms with Crippen LogP contribution in [-0.4, -0.2) is 10.0 Å². The summed E-state index contributed by atoms with van der Waals surface area (Å²) >= 11 is 2.46. The van der Waals surface area contributed by atoms with Gasteiger partial charge in [0.15, 0.2) is 5.56 Å². The maximum atomic E-state index is 12.4. The van der Waals surface area contributed by atoms with Crippen molar-refractivity contribution in [2.75, 3.05) is 0 Å². The molecule has 1 aromatic rings. The van der Waals surface area contributed by atoms with Gasteiger partial charge in [-0.15, -0.1) is 0 Å². The number of nitro benzene ring substituents is 1. The fraction of sp³-hybridized carbons (Fsp3) is 0.143. The normalized spacial score (nSPS) is 11.5. The zero-order valence-corrected chi connectivity index (χ0v) is 8.46. The molecule has 82 valence electrons. The number of benzene rings is 1. The summed E-state index contributed by atoms with van der Waals surface area (Å²) in [6, 6.07) is 1.42. The molecule has 0 radical (unpaired) electrons. The van der Waals surface area contributed by atoms with Crippen molar-refractivity contribution in [1.82, 2.24) is 0 Å². The Hall–Kier alpha value is -1.31. The number of nitro groups is 1. The van der Waals surface area contributed by atoms with Crippen molar-refractivity contribution in [3.8, 4) is 5.75 Å². The van der Waals surface area contributed by atoms with Crippen LogP contribution in [-0.2, 0) is 6.18 Å². The maximum Gasteiger partial charge on any atom is 0.424 e. The molecule has 0 aliphatic heterocycles. The van der Waals surface area contributed by atoms with E-state index in [1.165, 1.54) is 0 Å². The van der Waals surface area contributed by atoms with E-state index in [2.05, 4.69) is 15.9 Å². The van der Waals surface area contributed by atoms with E-state index >= 15 is 0 Å². The third-order valence-electron chi connectivity index (χ3n) is 1.58. The Balaban J connectivity index is 3.57. The van der Waals surface area contributed by atoms with Gasteiger partial charge < -0.3 is 5.11 Å². The fourth-order valence-electron chi connectivity index (χ4n) is 0.977. The summed E-state index contributed by atoms with van der Waals surface area (Å²) in [5.41, 5.74) is -2.60. The highest BCUT2D eigenvalue weighted by Gasteiger charge is 2.41. The quantitative estimate of drug-likeness (QED) is 0.637. The van der Waals surface area contributed by atoms with Gasteiger partial charge in [-0.3, -0.25) is 10.1 Å². The van der Waals surface area contributed by atoms with Crippen LogP contribution in [0.25, 0.3) is 0 Å². The summed E-state index contributed by atoms with van der Waals surface area (Å²) in [5.74, 6) is -0.701. The van der Waals surface area contributed by atoms with Gasteiger partial charge in [-0.05, 0) is 22.0 Å². The Kier molecular flexibility index (Phi) is 2.89. The molecular weight excluding hydrogens is 283 g/mol. The zero-order chi connectivity index (χ0) is 11.8. The van der Waals surface area contributed by atoms with Gasteiger partial charge in [0.05, 0.1) is 9.40 Å². The summed E-state index contributed by atoms with van der Waals surface area (Å²) in [6.07, 6.45) is -4.90. The molecule has 4 nitrogen and oxygen atoms in total. The van der Waals surface area contributed by atoms with E-state index in [0.717, 1.165) is 6.07 Å². The maximum absolute atomic E-state index is 12.4. The molecule has 0 heterocycles. The van der Waals surface area contributed by atoms with E-state index < -0.39 is 32.6 Å².